The Balaban J connectivity index is 1.41. The zero-order valence-electron chi connectivity index (χ0n) is 15.1. The van der Waals surface area contributed by atoms with Gasteiger partial charge in [-0.05, 0) is 19.1 Å². The van der Waals surface area contributed by atoms with Crippen LogP contribution in [-0.4, -0.2) is 93.0 Å². The van der Waals surface area contributed by atoms with Crippen LogP contribution in [0.5, 0.6) is 0 Å². The molecule has 0 spiro atoms. The molecule has 4 fully saturated rings. The smallest absolute Gasteiger partial charge is 0.230 e. The minimum atomic E-state index is -0.487. The molecule has 0 aromatic rings. The number of rotatable bonds is 3. The first-order valence-corrected chi connectivity index (χ1v) is 10.2. The summed E-state index contributed by atoms with van der Waals surface area (Å²) in [7, 11) is 0. The van der Waals surface area contributed by atoms with Crippen molar-refractivity contribution < 1.29 is 9.80 Å². The van der Waals surface area contributed by atoms with E-state index in [0.29, 0.717) is 19.1 Å². The molecule has 148 valence electrons. The Morgan fingerprint density at radius 3 is 2.85 bits per heavy atom. The van der Waals surface area contributed by atoms with E-state index >= 15 is 0 Å². The van der Waals surface area contributed by atoms with Crippen molar-refractivity contribution in [3.63, 3.8) is 0 Å². The molecular weight excluding hydrogens is 356 g/mol. The summed E-state index contributed by atoms with van der Waals surface area (Å²) in [5, 5.41) is 14.5. The molecule has 0 bridgehead atoms. The molecule has 0 aliphatic carbocycles. The normalized spacial score (nSPS) is 44.5. The summed E-state index contributed by atoms with van der Waals surface area (Å²) in [6.45, 7) is 7.31. The van der Waals surface area contributed by atoms with Crippen LogP contribution < -0.4 is 32.0 Å². The van der Waals surface area contributed by atoms with Gasteiger partial charge in [0.2, 0.25) is 5.91 Å². The summed E-state index contributed by atoms with van der Waals surface area (Å²) in [5.74, 6) is -0.338. The number of halogens is 1. The van der Waals surface area contributed by atoms with Gasteiger partial charge in [0.1, 0.15) is 12.1 Å². The van der Waals surface area contributed by atoms with E-state index in [1.807, 2.05) is 0 Å². The molecule has 7 unspecified atom stereocenters. The van der Waals surface area contributed by atoms with Gasteiger partial charge in [0.05, 0.1) is 18.0 Å². The highest BCUT2D eigenvalue weighted by Gasteiger charge is 2.45. The second-order valence-electron chi connectivity index (χ2n) is 7.79. The highest BCUT2D eigenvalue weighted by Crippen LogP contribution is 2.19. The van der Waals surface area contributed by atoms with Crippen LogP contribution in [0.4, 0.5) is 0 Å². The van der Waals surface area contributed by atoms with Crippen molar-refractivity contribution in [3.8, 4) is 0 Å². The molecule has 0 saturated carbocycles. The van der Waals surface area contributed by atoms with E-state index in [1.165, 1.54) is 0 Å². The summed E-state index contributed by atoms with van der Waals surface area (Å²) in [6, 6.07) is 0.488. The number of carbonyl (C=O) groups is 1. The third-order valence-corrected chi connectivity index (χ3v) is 6.40. The first-order valence-electron chi connectivity index (χ1n) is 9.79. The van der Waals surface area contributed by atoms with Gasteiger partial charge in [-0.1, -0.05) is 0 Å². The number of quaternary nitrogens is 1. The molecule has 7 atom stereocenters. The van der Waals surface area contributed by atoms with Gasteiger partial charge in [-0.2, -0.15) is 0 Å². The number of hydrogen-bond acceptors (Lipinski definition) is 6. The molecule has 0 radical (unpaired) electrons. The van der Waals surface area contributed by atoms with Crippen LogP contribution in [0.25, 0.3) is 5.43 Å². The quantitative estimate of drug-likeness (QED) is 0.279. The van der Waals surface area contributed by atoms with Gasteiger partial charge in [0.15, 0.2) is 0 Å². The fraction of sp³-hybridized carbons (Fsp3) is 0.938. The van der Waals surface area contributed by atoms with E-state index in [1.54, 1.807) is 0 Å². The predicted octanol–water partition coefficient (Wildman–Crippen LogP) is -3.64. The number of nitrogens with zero attached hydrogens (tertiary/aromatic N) is 2. The highest BCUT2D eigenvalue weighted by atomic mass is 35.5. The molecule has 0 aromatic heterocycles. The summed E-state index contributed by atoms with van der Waals surface area (Å²) in [5.41, 5.74) is 10.7. The highest BCUT2D eigenvalue weighted by molar-refractivity contribution is 6.20. The molecule has 7 N–H and O–H groups in total. The van der Waals surface area contributed by atoms with Crippen molar-refractivity contribution >= 4 is 17.5 Å². The Morgan fingerprint density at radius 2 is 2.04 bits per heavy atom. The molecule has 26 heavy (non-hydrogen) atoms. The van der Waals surface area contributed by atoms with Crippen LogP contribution >= 0.6 is 11.6 Å². The SMILES string of the molecule is NC1[N-][NH+]2CC(Cl)CNC2C1C(=O)NC1CNCCC1N1CCNCC1. The number of fused-ring (bicyclic) bond motifs is 1. The lowest BCUT2D eigenvalue weighted by Crippen LogP contribution is -3.15. The van der Waals surface area contributed by atoms with Gasteiger partial charge in [-0.25, -0.2) is 0 Å². The first-order chi connectivity index (χ1) is 12.6. The zero-order chi connectivity index (χ0) is 18.1. The predicted molar refractivity (Wildman–Crippen MR) is 99.7 cm³/mol. The molecular formula is C16H31ClN8O. The van der Waals surface area contributed by atoms with Crippen LogP contribution in [-0.2, 0) is 4.79 Å². The lowest BCUT2D eigenvalue weighted by Gasteiger charge is -2.43. The van der Waals surface area contributed by atoms with E-state index < -0.39 is 6.17 Å². The van der Waals surface area contributed by atoms with E-state index in [4.69, 9.17) is 17.3 Å². The van der Waals surface area contributed by atoms with Gasteiger partial charge >= 0.3 is 0 Å². The van der Waals surface area contributed by atoms with E-state index in [9.17, 15) is 4.79 Å². The maximum absolute atomic E-state index is 13.1. The van der Waals surface area contributed by atoms with Crippen molar-refractivity contribution in [2.24, 2.45) is 11.7 Å². The third kappa shape index (κ3) is 3.85. The van der Waals surface area contributed by atoms with Crippen LogP contribution in [0.1, 0.15) is 6.42 Å². The minimum absolute atomic E-state index is 0.00982. The molecule has 4 heterocycles. The van der Waals surface area contributed by atoms with E-state index in [2.05, 4.69) is 31.6 Å². The van der Waals surface area contributed by atoms with Crippen LogP contribution in [0.3, 0.4) is 0 Å². The maximum Gasteiger partial charge on any atom is 0.230 e. The molecule has 4 aliphatic heterocycles. The molecule has 4 rings (SSSR count). The van der Waals surface area contributed by atoms with Gasteiger partial charge in [-0.15, -0.1) is 11.6 Å². The van der Waals surface area contributed by atoms with Gasteiger partial charge in [0.25, 0.3) is 0 Å². The fourth-order valence-electron chi connectivity index (χ4n) is 4.76. The zero-order valence-corrected chi connectivity index (χ0v) is 15.8. The topological polar surface area (TPSA) is 113 Å². The Kier molecular flexibility index (Phi) is 5.96. The fourth-order valence-corrected chi connectivity index (χ4v) is 5.01. The molecule has 1 amide bonds. The van der Waals surface area contributed by atoms with Gasteiger partial charge < -0.3 is 32.1 Å². The average molecular weight is 387 g/mol. The van der Waals surface area contributed by atoms with E-state index in [0.717, 1.165) is 50.7 Å². The monoisotopic (exact) mass is 386 g/mol. The number of hydrogen-bond donors (Lipinski definition) is 6. The van der Waals surface area contributed by atoms with Gasteiger partial charge in [-0.3, -0.25) is 15.0 Å². The number of nitrogens with two attached hydrogens (primary N) is 1. The standard InChI is InChI=1S/C16H31ClN8O/c17-10-7-21-15-13(14(18)23-25(15)9-10)16(26)22-11-8-20-2-1-12(11)24-5-3-19-4-6-24/h10-15,19-21,25H,1-9,18H2,(H,22,26). The number of amides is 1. The lowest BCUT2D eigenvalue weighted by molar-refractivity contribution is -0.888. The van der Waals surface area contributed by atoms with Crippen molar-refractivity contribution in [2.75, 3.05) is 52.4 Å². The Labute approximate surface area is 159 Å². The summed E-state index contributed by atoms with van der Waals surface area (Å²) in [6.07, 6.45) is 0.492. The first kappa shape index (κ1) is 18.8. The molecule has 4 saturated heterocycles. The molecule has 9 nitrogen and oxygen atoms in total. The van der Waals surface area contributed by atoms with Crippen molar-refractivity contribution in [1.82, 2.24) is 26.2 Å². The number of piperazine rings is 1. The number of piperidine rings is 1. The van der Waals surface area contributed by atoms with Crippen molar-refractivity contribution in [1.29, 1.82) is 0 Å². The number of alkyl halides is 1. The van der Waals surface area contributed by atoms with Crippen LogP contribution in [0.2, 0.25) is 0 Å². The summed E-state index contributed by atoms with van der Waals surface area (Å²) < 4.78 is 0. The van der Waals surface area contributed by atoms with E-state index in [-0.39, 0.29) is 29.4 Å². The minimum Gasteiger partial charge on any atom is -0.436 e. The molecule has 4 aliphatic rings. The Bertz CT molecular complexity index is 505. The molecule has 0 aromatic carbocycles. The van der Waals surface area contributed by atoms with Crippen LogP contribution in [0, 0.1) is 5.92 Å². The second-order valence-corrected chi connectivity index (χ2v) is 8.40. The molecule has 10 heteroatoms. The van der Waals surface area contributed by atoms with Crippen molar-refractivity contribution in [2.45, 2.75) is 36.2 Å². The third-order valence-electron chi connectivity index (χ3n) is 6.09. The van der Waals surface area contributed by atoms with Crippen molar-refractivity contribution in [3.05, 3.63) is 5.43 Å². The average Bonchev–Trinajstić information content (AvgIpc) is 2.97. The Morgan fingerprint density at radius 1 is 1.23 bits per heavy atom. The van der Waals surface area contributed by atoms with Crippen LogP contribution in [0.15, 0.2) is 0 Å². The Hall–Kier alpha value is -0.520. The number of nitrogens with one attached hydrogen (secondary N) is 5. The number of carbonyl (C=O) groups excluding carboxylic acids is 1. The summed E-state index contributed by atoms with van der Waals surface area (Å²) >= 11 is 6.22. The largest absolute Gasteiger partial charge is 0.436 e. The lowest BCUT2D eigenvalue weighted by atomic mass is 9.96. The van der Waals surface area contributed by atoms with Gasteiger partial charge in [0, 0.05) is 45.3 Å². The maximum atomic E-state index is 13.1. The second kappa shape index (κ2) is 8.24. The summed E-state index contributed by atoms with van der Waals surface area (Å²) in [4.78, 5) is 15.6.